The Labute approximate surface area is 170 Å². The Kier molecular flexibility index (Phi) is 7.78. The molecule has 5 nitrogen and oxygen atoms in total. The fraction of sp³-hybridized carbons (Fsp3) is 0.609. The van der Waals surface area contributed by atoms with Gasteiger partial charge in [0.1, 0.15) is 0 Å². The summed E-state index contributed by atoms with van der Waals surface area (Å²) in [5.41, 5.74) is 2.92. The van der Waals surface area contributed by atoms with E-state index in [-0.39, 0.29) is 0 Å². The van der Waals surface area contributed by atoms with Crippen LogP contribution >= 0.6 is 0 Å². The maximum absolute atomic E-state index is 5.63. The quantitative estimate of drug-likeness (QED) is 0.295. The Balaban J connectivity index is 1.49. The number of benzene rings is 1. The van der Waals surface area contributed by atoms with Gasteiger partial charge >= 0.3 is 0 Å². The minimum absolute atomic E-state index is 0.357. The molecule has 0 bridgehead atoms. The Morgan fingerprint density at radius 2 is 1.96 bits per heavy atom. The van der Waals surface area contributed by atoms with Crippen molar-refractivity contribution in [3.05, 3.63) is 42.0 Å². The Morgan fingerprint density at radius 3 is 2.68 bits per heavy atom. The van der Waals surface area contributed by atoms with Crippen LogP contribution in [0.15, 0.2) is 41.4 Å². The highest BCUT2D eigenvalue weighted by Gasteiger charge is 2.33. The normalized spacial score (nSPS) is 18.6. The molecule has 0 radical (unpaired) electrons. The maximum atomic E-state index is 5.63. The van der Waals surface area contributed by atoms with Gasteiger partial charge < -0.3 is 20.3 Å². The molecule has 154 valence electrons. The van der Waals surface area contributed by atoms with Gasteiger partial charge in [-0.15, -0.1) is 0 Å². The van der Waals surface area contributed by atoms with Crippen LogP contribution in [0.5, 0.6) is 0 Å². The zero-order chi connectivity index (χ0) is 19.7. The number of nitrogens with one attached hydrogen (secondary N) is 2. The molecule has 1 heterocycles. The second-order valence-corrected chi connectivity index (χ2v) is 7.98. The molecule has 1 aliphatic heterocycles. The van der Waals surface area contributed by atoms with Crippen molar-refractivity contribution >= 4 is 11.6 Å². The summed E-state index contributed by atoms with van der Waals surface area (Å²) in [4.78, 5) is 6.81. The van der Waals surface area contributed by atoms with E-state index in [2.05, 4.69) is 63.9 Å². The number of rotatable bonds is 9. The van der Waals surface area contributed by atoms with Gasteiger partial charge in [0.2, 0.25) is 0 Å². The van der Waals surface area contributed by atoms with E-state index < -0.39 is 0 Å². The second-order valence-electron chi connectivity index (χ2n) is 7.98. The van der Waals surface area contributed by atoms with E-state index in [1.807, 2.05) is 7.05 Å². The molecule has 0 unspecified atom stereocenters. The van der Waals surface area contributed by atoms with Crippen molar-refractivity contribution in [2.45, 2.75) is 45.6 Å². The van der Waals surface area contributed by atoms with E-state index in [1.165, 1.54) is 36.9 Å². The average molecular weight is 385 g/mol. The summed E-state index contributed by atoms with van der Waals surface area (Å²) in [5, 5.41) is 7.07. The van der Waals surface area contributed by atoms with Gasteiger partial charge in [-0.25, -0.2) is 0 Å². The average Bonchev–Trinajstić information content (AvgIpc) is 3.41. The number of hydrogen-bond acceptors (Lipinski definition) is 3. The molecule has 28 heavy (non-hydrogen) atoms. The molecular weight excluding hydrogens is 348 g/mol. The molecule has 2 N–H and O–H groups in total. The van der Waals surface area contributed by atoms with Gasteiger partial charge in [0.25, 0.3) is 0 Å². The number of aliphatic imine (C=N–C) groups is 1. The van der Waals surface area contributed by atoms with Crippen LogP contribution in [-0.2, 0) is 11.3 Å². The Bertz CT molecular complexity index is 656. The van der Waals surface area contributed by atoms with Crippen LogP contribution in [0.1, 0.15) is 44.6 Å². The lowest BCUT2D eigenvalue weighted by Gasteiger charge is -2.30. The molecule has 2 aliphatic rings. The molecule has 0 atom stereocenters. The molecule has 0 saturated heterocycles. The van der Waals surface area contributed by atoms with Crippen molar-refractivity contribution in [2.24, 2.45) is 10.4 Å². The first-order chi connectivity index (χ1) is 13.7. The smallest absolute Gasteiger partial charge is 0.191 e. The number of nitrogens with zero attached hydrogens (tertiary/aromatic N) is 2. The highest BCUT2D eigenvalue weighted by Crippen LogP contribution is 2.40. The molecule has 1 aromatic rings. The van der Waals surface area contributed by atoms with Gasteiger partial charge in [-0.2, -0.15) is 0 Å². The molecule has 1 saturated carbocycles. The summed E-state index contributed by atoms with van der Waals surface area (Å²) < 4.78 is 5.63. The second kappa shape index (κ2) is 10.5. The van der Waals surface area contributed by atoms with Gasteiger partial charge in [-0.3, -0.25) is 4.99 Å². The van der Waals surface area contributed by atoms with Gasteiger partial charge in [0.05, 0.1) is 0 Å². The van der Waals surface area contributed by atoms with E-state index in [0.29, 0.717) is 5.41 Å². The molecule has 3 rings (SSSR count). The van der Waals surface area contributed by atoms with Crippen molar-refractivity contribution < 1.29 is 4.74 Å². The molecule has 0 amide bonds. The summed E-state index contributed by atoms with van der Waals surface area (Å²) in [6.45, 7) is 7.50. The number of hydrogen-bond donors (Lipinski definition) is 2. The van der Waals surface area contributed by atoms with Crippen molar-refractivity contribution in [2.75, 3.05) is 44.8 Å². The third-order valence-electron chi connectivity index (χ3n) is 6.05. The first-order valence-electron chi connectivity index (χ1n) is 10.8. The Morgan fingerprint density at radius 1 is 1.18 bits per heavy atom. The third kappa shape index (κ3) is 5.74. The lowest BCUT2D eigenvalue weighted by molar-refractivity contribution is 0.105. The van der Waals surface area contributed by atoms with E-state index in [9.17, 15) is 0 Å². The minimum atomic E-state index is 0.357. The first kappa shape index (κ1) is 20.7. The summed E-state index contributed by atoms with van der Waals surface area (Å²) in [5.74, 6) is 0.885. The summed E-state index contributed by atoms with van der Waals surface area (Å²) >= 11 is 0. The molecule has 0 spiro atoms. The predicted octanol–water partition coefficient (Wildman–Crippen LogP) is 3.71. The maximum Gasteiger partial charge on any atom is 0.191 e. The van der Waals surface area contributed by atoms with Crippen molar-refractivity contribution in [1.82, 2.24) is 10.6 Å². The number of anilines is 1. The largest absolute Gasteiger partial charge is 0.382 e. The van der Waals surface area contributed by atoms with Crippen LogP contribution in [0.2, 0.25) is 0 Å². The number of ether oxygens (including phenoxy) is 1. The molecular formula is C23H36N4O. The number of guanidine groups is 1. The summed E-state index contributed by atoms with van der Waals surface area (Å²) in [6.07, 6.45) is 10.8. The zero-order valence-electron chi connectivity index (χ0n) is 17.5. The highest BCUT2D eigenvalue weighted by molar-refractivity contribution is 5.79. The minimum Gasteiger partial charge on any atom is -0.382 e. The molecule has 1 aliphatic carbocycles. The lowest BCUT2D eigenvalue weighted by Crippen LogP contribution is -2.43. The Hall–Kier alpha value is -2.01. The zero-order valence-corrected chi connectivity index (χ0v) is 17.5. The molecule has 1 aromatic carbocycles. The van der Waals surface area contributed by atoms with Gasteiger partial charge in [0, 0.05) is 52.1 Å². The summed E-state index contributed by atoms with van der Waals surface area (Å²) in [7, 11) is 1.85. The fourth-order valence-electron chi connectivity index (χ4n) is 4.30. The van der Waals surface area contributed by atoms with Crippen LogP contribution in [0.4, 0.5) is 5.69 Å². The predicted molar refractivity (Wildman–Crippen MR) is 118 cm³/mol. The van der Waals surface area contributed by atoms with Crippen LogP contribution in [0.25, 0.3) is 0 Å². The first-order valence-corrected chi connectivity index (χ1v) is 10.8. The van der Waals surface area contributed by atoms with Crippen molar-refractivity contribution in [3.8, 4) is 0 Å². The van der Waals surface area contributed by atoms with Crippen LogP contribution < -0.4 is 15.5 Å². The van der Waals surface area contributed by atoms with Crippen LogP contribution in [0.3, 0.4) is 0 Å². The topological polar surface area (TPSA) is 48.9 Å². The summed E-state index contributed by atoms with van der Waals surface area (Å²) in [6, 6.07) is 8.77. The lowest BCUT2D eigenvalue weighted by atomic mass is 9.83. The van der Waals surface area contributed by atoms with Crippen LogP contribution in [0, 0.1) is 5.41 Å². The molecule has 1 fully saturated rings. The van der Waals surface area contributed by atoms with E-state index >= 15 is 0 Å². The van der Waals surface area contributed by atoms with Gasteiger partial charge in [-0.05, 0) is 49.3 Å². The van der Waals surface area contributed by atoms with Crippen molar-refractivity contribution in [3.63, 3.8) is 0 Å². The molecule has 0 aromatic heterocycles. The fourth-order valence-corrected chi connectivity index (χ4v) is 4.30. The van der Waals surface area contributed by atoms with Gasteiger partial charge in [-0.1, -0.05) is 37.1 Å². The highest BCUT2D eigenvalue weighted by atomic mass is 16.5. The standard InChI is InChI=1S/C23H36N4O/c1-3-28-16-13-23(11-4-5-12-23)19-26-22(24-2)25-18-20-9-8-10-21(17-20)27-14-6-7-15-27/h6-10,17H,3-5,11-16,18-19H2,1-2H3,(H2,24,25,26). The SMILES string of the molecule is CCOCCC1(CNC(=NC)NCc2cccc(N3CC=CC3)c2)CCCC1. The van der Waals surface area contributed by atoms with E-state index in [1.54, 1.807) is 0 Å². The monoisotopic (exact) mass is 384 g/mol. The third-order valence-corrected chi connectivity index (χ3v) is 6.05. The molecule has 5 heteroatoms. The van der Waals surface area contributed by atoms with E-state index in [4.69, 9.17) is 4.74 Å². The van der Waals surface area contributed by atoms with Crippen LogP contribution in [-0.4, -0.2) is 45.9 Å². The van der Waals surface area contributed by atoms with Crippen molar-refractivity contribution in [1.29, 1.82) is 0 Å². The van der Waals surface area contributed by atoms with E-state index in [0.717, 1.165) is 51.8 Å². The van der Waals surface area contributed by atoms with Gasteiger partial charge in [0.15, 0.2) is 5.96 Å².